The fourth-order valence-corrected chi connectivity index (χ4v) is 2.78. The Morgan fingerprint density at radius 2 is 1.93 bits per heavy atom. The van der Waals surface area contributed by atoms with E-state index in [9.17, 15) is 9.18 Å². The second-order valence-corrected chi connectivity index (χ2v) is 6.37. The van der Waals surface area contributed by atoms with E-state index in [0.717, 1.165) is 23.2 Å². The summed E-state index contributed by atoms with van der Waals surface area (Å²) >= 11 is 5.75. The van der Waals surface area contributed by atoms with Crippen molar-refractivity contribution in [2.75, 3.05) is 10.6 Å². The summed E-state index contributed by atoms with van der Waals surface area (Å²) in [5.74, 6) is -0.507. The minimum atomic E-state index is -0.502. The number of para-hydroxylation sites is 1. The lowest BCUT2D eigenvalue weighted by molar-refractivity contribution is 0.102. The van der Waals surface area contributed by atoms with Gasteiger partial charge in [-0.1, -0.05) is 36.7 Å². The van der Waals surface area contributed by atoms with Gasteiger partial charge >= 0.3 is 0 Å². The Hall–Kier alpha value is -2.99. The molecule has 1 amide bonds. The number of aromatic nitrogens is 2. The third-order valence-corrected chi connectivity index (χ3v) is 4.36. The molecule has 2 aromatic carbocycles. The summed E-state index contributed by atoms with van der Waals surface area (Å²) in [6.45, 7) is 3.99. The van der Waals surface area contributed by atoms with E-state index in [1.54, 1.807) is 0 Å². The van der Waals surface area contributed by atoms with Crippen molar-refractivity contribution >= 4 is 34.8 Å². The monoisotopic (exact) mass is 384 g/mol. The third kappa shape index (κ3) is 4.41. The topological polar surface area (TPSA) is 66.9 Å². The number of carbonyl (C=O) groups excluding carboxylic acids is 1. The first-order chi connectivity index (χ1) is 13.0. The van der Waals surface area contributed by atoms with Gasteiger partial charge in [0, 0.05) is 23.8 Å². The van der Waals surface area contributed by atoms with Crippen molar-refractivity contribution in [3.8, 4) is 0 Å². The van der Waals surface area contributed by atoms with Gasteiger partial charge < -0.3 is 10.6 Å². The van der Waals surface area contributed by atoms with Gasteiger partial charge in [0.05, 0.1) is 10.6 Å². The lowest BCUT2D eigenvalue weighted by Gasteiger charge is -2.13. The molecule has 0 bridgehead atoms. The molecule has 0 aliphatic rings. The zero-order valence-electron chi connectivity index (χ0n) is 14.9. The maximum absolute atomic E-state index is 13.2. The number of aryl methyl sites for hydroxylation is 2. The predicted octanol–water partition coefficient (Wildman–Crippen LogP) is 5.14. The average molecular weight is 385 g/mol. The number of nitrogens with zero attached hydrogens (tertiary/aromatic N) is 2. The smallest absolute Gasteiger partial charge is 0.258 e. The molecule has 27 heavy (non-hydrogen) atoms. The number of hydrogen-bond donors (Lipinski definition) is 2. The van der Waals surface area contributed by atoms with Crippen molar-refractivity contribution in [2.24, 2.45) is 0 Å². The first-order valence-corrected chi connectivity index (χ1v) is 8.79. The van der Waals surface area contributed by atoms with E-state index < -0.39 is 5.82 Å². The lowest BCUT2D eigenvalue weighted by Crippen LogP contribution is -2.15. The first-order valence-electron chi connectivity index (χ1n) is 8.42. The molecule has 5 nitrogen and oxygen atoms in total. The molecule has 1 aromatic heterocycles. The minimum Gasteiger partial charge on any atom is -0.324 e. The van der Waals surface area contributed by atoms with Crippen LogP contribution in [0.5, 0.6) is 0 Å². The van der Waals surface area contributed by atoms with E-state index in [1.807, 2.05) is 32.0 Å². The zero-order valence-corrected chi connectivity index (χ0v) is 15.6. The summed E-state index contributed by atoms with van der Waals surface area (Å²) in [7, 11) is 0. The van der Waals surface area contributed by atoms with Crippen LogP contribution in [0.15, 0.2) is 48.8 Å². The van der Waals surface area contributed by atoms with Crippen LogP contribution in [0, 0.1) is 12.7 Å². The fourth-order valence-electron chi connectivity index (χ4n) is 2.60. The van der Waals surface area contributed by atoms with Crippen LogP contribution in [0.4, 0.5) is 21.7 Å². The van der Waals surface area contributed by atoms with Gasteiger partial charge in [-0.25, -0.2) is 14.4 Å². The molecule has 2 N–H and O–H groups in total. The molecule has 138 valence electrons. The summed E-state index contributed by atoms with van der Waals surface area (Å²) in [6, 6.07) is 10.1. The molecule has 1 heterocycles. The van der Waals surface area contributed by atoms with Gasteiger partial charge in [-0.05, 0) is 42.7 Å². The standard InChI is InChI=1S/C20H18ClFN4O/c1-3-13-6-4-5-12(2)18(13)26-19(27)14-10-23-20(24-11-14)25-15-7-8-17(22)16(21)9-15/h4-11H,3H2,1-2H3,(H,26,27)(H,23,24,25). The molecule has 3 rings (SSSR count). The Labute approximate surface area is 161 Å². The predicted molar refractivity (Wildman–Crippen MR) is 105 cm³/mol. The molecule has 0 radical (unpaired) electrons. The van der Waals surface area contributed by atoms with Crippen LogP contribution in [0.1, 0.15) is 28.4 Å². The highest BCUT2D eigenvalue weighted by Gasteiger charge is 2.12. The number of carbonyl (C=O) groups is 1. The summed E-state index contributed by atoms with van der Waals surface area (Å²) in [6.07, 6.45) is 3.68. The largest absolute Gasteiger partial charge is 0.324 e. The summed E-state index contributed by atoms with van der Waals surface area (Å²) in [5, 5.41) is 5.84. The van der Waals surface area contributed by atoms with Gasteiger partial charge in [0.2, 0.25) is 5.95 Å². The van der Waals surface area contributed by atoms with Crippen molar-refractivity contribution < 1.29 is 9.18 Å². The number of anilines is 3. The molecule has 0 fully saturated rings. The molecule has 0 atom stereocenters. The molecule has 0 saturated heterocycles. The van der Waals surface area contributed by atoms with Crippen molar-refractivity contribution in [3.63, 3.8) is 0 Å². The molecule has 0 saturated carbocycles. The van der Waals surface area contributed by atoms with E-state index >= 15 is 0 Å². The van der Waals surface area contributed by atoms with Crippen LogP contribution in [-0.2, 0) is 6.42 Å². The number of nitrogens with one attached hydrogen (secondary N) is 2. The van der Waals surface area contributed by atoms with Crippen LogP contribution < -0.4 is 10.6 Å². The minimum absolute atomic E-state index is 0.000886. The Morgan fingerprint density at radius 3 is 2.59 bits per heavy atom. The Morgan fingerprint density at radius 1 is 1.19 bits per heavy atom. The van der Waals surface area contributed by atoms with Gasteiger partial charge in [0.15, 0.2) is 0 Å². The van der Waals surface area contributed by atoms with E-state index in [-0.39, 0.29) is 16.9 Å². The number of halogens is 2. The SMILES string of the molecule is CCc1cccc(C)c1NC(=O)c1cnc(Nc2ccc(F)c(Cl)c2)nc1. The number of hydrogen-bond acceptors (Lipinski definition) is 4. The van der Waals surface area contributed by atoms with Crippen molar-refractivity contribution in [1.82, 2.24) is 9.97 Å². The maximum Gasteiger partial charge on any atom is 0.258 e. The van der Waals surface area contributed by atoms with E-state index in [0.29, 0.717) is 11.3 Å². The van der Waals surface area contributed by atoms with Crippen molar-refractivity contribution in [1.29, 1.82) is 0 Å². The normalized spacial score (nSPS) is 10.5. The third-order valence-electron chi connectivity index (χ3n) is 4.07. The molecule has 0 unspecified atom stereocenters. The molecule has 3 aromatic rings. The van der Waals surface area contributed by atoms with Crippen LogP contribution in [-0.4, -0.2) is 15.9 Å². The van der Waals surface area contributed by atoms with Crippen LogP contribution >= 0.6 is 11.6 Å². The molecule has 0 spiro atoms. The van der Waals surface area contributed by atoms with Crippen LogP contribution in [0.25, 0.3) is 0 Å². The van der Waals surface area contributed by atoms with Gasteiger partial charge in [0.25, 0.3) is 5.91 Å². The highest BCUT2D eigenvalue weighted by atomic mass is 35.5. The van der Waals surface area contributed by atoms with Crippen LogP contribution in [0.2, 0.25) is 5.02 Å². The number of rotatable bonds is 5. The summed E-state index contributed by atoms with van der Waals surface area (Å²) in [5.41, 5.74) is 3.76. The van der Waals surface area contributed by atoms with E-state index in [4.69, 9.17) is 11.6 Å². The average Bonchev–Trinajstić information content (AvgIpc) is 2.67. The Kier molecular flexibility index (Phi) is 5.66. The van der Waals surface area contributed by atoms with E-state index in [1.165, 1.54) is 30.6 Å². The fraction of sp³-hybridized carbons (Fsp3) is 0.150. The second kappa shape index (κ2) is 8.14. The van der Waals surface area contributed by atoms with Crippen LogP contribution in [0.3, 0.4) is 0 Å². The number of amides is 1. The van der Waals surface area contributed by atoms with Gasteiger partial charge in [-0.3, -0.25) is 4.79 Å². The molecule has 0 aliphatic carbocycles. The van der Waals surface area contributed by atoms with Gasteiger partial charge in [0.1, 0.15) is 5.82 Å². The molecule has 0 aliphatic heterocycles. The Bertz CT molecular complexity index is 976. The van der Waals surface area contributed by atoms with Crippen molar-refractivity contribution in [3.05, 3.63) is 76.3 Å². The summed E-state index contributed by atoms with van der Waals surface area (Å²) in [4.78, 5) is 20.8. The maximum atomic E-state index is 13.2. The zero-order chi connectivity index (χ0) is 19.4. The second-order valence-electron chi connectivity index (χ2n) is 5.97. The van der Waals surface area contributed by atoms with Gasteiger partial charge in [-0.2, -0.15) is 0 Å². The highest BCUT2D eigenvalue weighted by Crippen LogP contribution is 2.23. The van der Waals surface area contributed by atoms with Gasteiger partial charge in [-0.15, -0.1) is 0 Å². The molecule has 7 heteroatoms. The van der Waals surface area contributed by atoms with E-state index in [2.05, 4.69) is 20.6 Å². The van der Waals surface area contributed by atoms with Crippen molar-refractivity contribution in [2.45, 2.75) is 20.3 Å². The Balaban J connectivity index is 1.73. The summed E-state index contributed by atoms with van der Waals surface area (Å²) < 4.78 is 13.2. The number of benzene rings is 2. The highest BCUT2D eigenvalue weighted by molar-refractivity contribution is 6.31. The molecular formula is C20H18ClFN4O. The molecular weight excluding hydrogens is 367 g/mol. The quantitative estimate of drug-likeness (QED) is 0.639. The lowest BCUT2D eigenvalue weighted by atomic mass is 10.1. The first kappa shape index (κ1) is 18.8.